The second kappa shape index (κ2) is 25.7. The summed E-state index contributed by atoms with van der Waals surface area (Å²) in [5.41, 5.74) is 12.4. The Morgan fingerprint density at radius 3 is 1.68 bits per heavy atom. The number of benzene rings is 2. The number of phenolic OH excluding ortho intramolecular Hbond substituents is 1. The van der Waals surface area contributed by atoms with Crippen LogP contribution in [0.15, 0.2) is 59.0 Å². The summed E-state index contributed by atoms with van der Waals surface area (Å²) in [6.45, 7) is 18.3. The standard InChI is InChI=1S/C23H29N9O3.C16H15N7O3.C12H24N2O3/c1-34-19-17(35-12-2-8-31-9-5-25-6-10-31)4-3-16-18(19)29-23(32-11-7-26-20(16)32)30-21(33)15-13-27-22(24)28-14-15;1-26-12-10(24)3-2-9-11(12)21-16(23-5-4-18-13(9)23)22-14(25)8-6-19-15(17)20-7-8;1-12(2,3)17-11(16)14-8-6-13(7-9-14)5-4-10-15/h3-4,13-14,25-26H,2,5-12H2,1H3,(H2,24,27,28);2-3,6-7,18,24H,4-5H2,1H3,(H2,17,19,20);15H,4-10H2,1-3H3. The maximum absolute atomic E-state index is 12.8. The third-order valence-corrected chi connectivity index (χ3v) is 12.8. The molecular formula is C51H68N18O9. The first-order chi connectivity index (χ1) is 37.6. The van der Waals surface area contributed by atoms with Crippen LogP contribution in [-0.2, 0) is 17.8 Å². The first-order valence-corrected chi connectivity index (χ1v) is 25.7. The maximum Gasteiger partial charge on any atom is 0.410 e. The molecule has 27 nitrogen and oxygen atoms in total. The van der Waals surface area contributed by atoms with Crippen molar-refractivity contribution in [3.63, 3.8) is 0 Å². The molecule has 0 radical (unpaired) electrons. The van der Waals surface area contributed by atoms with Gasteiger partial charge < -0.3 is 66.4 Å². The van der Waals surface area contributed by atoms with Crippen molar-refractivity contribution in [2.45, 2.75) is 52.3 Å². The topological polar surface area (TPSA) is 338 Å². The number of hydrogen-bond acceptors (Lipinski definition) is 22. The zero-order valence-corrected chi connectivity index (χ0v) is 44.6. The van der Waals surface area contributed by atoms with E-state index in [2.05, 4.69) is 60.7 Å². The van der Waals surface area contributed by atoms with Crippen LogP contribution in [0.25, 0.3) is 21.8 Å². The number of amides is 3. The second-order valence-corrected chi connectivity index (χ2v) is 19.4. The van der Waals surface area contributed by atoms with Crippen LogP contribution in [0.4, 0.5) is 28.3 Å². The summed E-state index contributed by atoms with van der Waals surface area (Å²) in [6, 6.07) is 7.14. The molecule has 8 heterocycles. The quantitative estimate of drug-likeness (QED) is 0.0853. The number of nitrogens with two attached hydrogens (primary N) is 2. The van der Waals surface area contributed by atoms with Gasteiger partial charge in [0, 0.05) is 134 Å². The van der Waals surface area contributed by atoms with Gasteiger partial charge in [0.15, 0.2) is 23.0 Å². The maximum atomic E-state index is 12.8. The normalized spacial score (nSPS) is 15.7. The number of nitrogen functional groups attached to an aromatic ring is 2. The zero-order valence-electron chi connectivity index (χ0n) is 44.6. The molecule has 9 N–H and O–H groups in total. The van der Waals surface area contributed by atoms with Crippen molar-refractivity contribution >= 4 is 63.2 Å². The number of aromatic hydroxyl groups is 1. The minimum absolute atomic E-state index is 0.0420. The Hall–Kier alpha value is -8.27. The van der Waals surface area contributed by atoms with Gasteiger partial charge in [0.25, 0.3) is 11.8 Å². The Bertz CT molecular complexity index is 3220. The molecule has 78 heavy (non-hydrogen) atoms. The highest BCUT2D eigenvalue weighted by Gasteiger charge is 2.26. The molecule has 0 aliphatic carbocycles. The Labute approximate surface area is 449 Å². The summed E-state index contributed by atoms with van der Waals surface area (Å²) >= 11 is 0. The number of nitrogens with one attached hydrogen (secondary N) is 3. The van der Waals surface area contributed by atoms with Gasteiger partial charge in [-0.15, -0.1) is 0 Å². The van der Waals surface area contributed by atoms with Crippen molar-refractivity contribution in [1.29, 1.82) is 0 Å². The van der Waals surface area contributed by atoms with Crippen molar-refractivity contribution < 1.29 is 43.5 Å². The lowest BCUT2D eigenvalue weighted by Crippen LogP contribution is -2.50. The lowest BCUT2D eigenvalue weighted by molar-refractivity contribution is 0.0141. The number of piperazine rings is 2. The zero-order chi connectivity index (χ0) is 55.3. The summed E-state index contributed by atoms with van der Waals surface area (Å²) in [5.74, 6) is 2.02. The van der Waals surface area contributed by atoms with Gasteiger partial charge in [-0.3, -0.25) is 23.6 Å². The number of hydrogen-bond donors (Lipinski definition) is 7. The smallest absolute Gasteiger partial charge is 0.410 e. The van der Waals surface area contributed by atoms with E-state index in [1.807, 2.05) is 37.5 Å². The molecular weight excluding hydrogens is 1010 g/mol. The molecule has 27 heteroatoms. The van der Waals surface area contributed by atoms with Gasteiger partial charge in [-0.25, -0.2) is 34.7 Å². The van der Waals surface area contributed by atoms with Crippen LogP contribution in [0.1, 0.15) is 54.3 Å². The molecule has 416 valence electrons. The Kier molecular flexibility index (Phi) is 18.4. The summed E-state index contributed by atoms with van der Waals surface area (Å²) in [7, 11) is 3.03. The van der Waals surface area contributed by atoms with Crippen LogP contribution in [0, 0.1) is 0 Å². The number of anilines is 4. The number of carbonyl (C=O) groups is 3. The Morgan fingerprint density at radius 1 is 0.667 bits per heavy atom. The first kappa shape index (κ1) is 55.9. The molecule has 2 saturated heterocycles. The molecule has 10 rings (SSSR count). The molecule has 6 aromatic rings. The number of carbonyl (C=O) groups excluding carboxylic acids is 3. The van der Waals surface area contributed by atoms with Gasteiger partial charge in [-0.2, -0.15) is 9.98 Å². The molecule has 0 atom stereocenters. The number of rotatable bonds is 12. The van der Waals surface area contributed by atoms with E-state index in [0.717, 1.165) is 87.6 Å². The van der Waals surface area contributed by atoms with Gasteiger partial charge in [0.05, 0.1) is 32.0 Å². The second-order valence-electron chi connectivity index (χ2n) is 19.4. The first-order valence-electron chi connectivity index (χ1n) is 25.7. The van der Waals surface area contributed by atoms with Gasteiger partial charge in [0.1, 0.15) is 28.3 Å². The molecule has 2 aromatic carbocycles. The highest BCUT2D eigenvalue weighted by Crippen LogP contribution is 2.38. The number of phenols is 1. The third-order valence-electron chi connectivity index (χ3n) is 12.8. The molecule has 0 spiro atoms. The van der Waals surface area contributed by atoms with Crippen molar-refractivity contribution in [1.82, 2.24) is 59.1 Å². The molecule has 4 aromatic heterocycles. The monoisotopic (exact) mass is 1080 g/mol. The van der Waals surface area contributed by atoms with Crippen LogP contribution >= 0.6 is 0 Å². The van der Waals surface area contributed by atoms with Crippen LogP contribution in [0.5, 0.6) is 23.0 Å². The largest absolute Gasteiger partial charge is 0.504 e. The summed E-state index contributed by atoms with van der Waals surface area (Å²) in [5, 5.41) is 30.4. The lowest BCUT2D eigenvalue weighted by atomic mass is 10.2. The van der Waals surface area contributed by atoms with Crippen LogP contribution < -0.4 is 52.9 Å². The highest BCUT2D eigenvalue weighted by molar-refractivity contribution is 5.98. The predicted molar refractivity (Wildman–Crippen MR) is 289 cm³/mol. The highest BCUT2D eigenvalue weighted by atomic mass is 16.6. The molecule has 3 amide bonds. The summed E-state index contributed by atoms with van der Waals surface area (Å²) < 4.78 is 26.1. The average Bonchev–Trinajstić information content (AvgIpc) is 4.25. The van der Waals surface area contributed by atoms with E-state index >= 15 is 0 Å². The number of aliphatic hydroxyl groups is 1. The van der Waals surface area contributed by atoms with E-state index in [1.165, 1.54) is 38.0 Å². The Morgan fingerprint density at radius 2 is 1.17 bits per heavy atom. The van der Waals surface area contributed by atoms with Gasteiger partial charge in [-0.1, -0.05) is 0 Å². The average molecular weight is 1080 g/mol. The summed E-state index contributed by atoms with van der Waals surface area (Å²) in [4.78, 5) is 76.3. The van der Waals surface area contributed by atoms with Crippen molar-refractivity contribution in [3.05, 3.63) is 71.4 Å². The SMILES string of the molecule is CC(C)(C)OC(=O)N1CCN(CCCO)CC1.COc1c(O)ccc2c3n(c(=NC(=O)c4cnc(N)nc4)nc12)CCN3.COc1c(OCCCN2CCNCC2)ccc2c3n(c(=NC(=O)c4cnc(N)nc4)nc12)CCN3. The molecule has 0 unspecified atom stereocenters. The van der Waals surface area contributed by atoms with Crippen LogP contribution in [0.2, 0.25) is 0 Å². The molecule has 0 saturated carbocycles. The summed E-state index contributed by atoms with van der Waals surface area (Å²) in [6.07, 6.45) is 6.81. The molecule has 2 fully saturated rings. The van der Waals surface area contributed by atoms with E-state index in [9.17, 15) is 19.5 Å². The van der Waals surface area contributed by atoms with Crippen molar-refractivity contribution in [3.8, 4) is 23.0 Å². The predicted octanol–water partition coefficient (Wildman–Crippen LogP) is 1.47. The minimum atomic E-state index is -0.544. The van der Waals surface area contributed by atoms with Crippen LogP contribution in [-0.4, -0.2) is 193 Å². The number of ether oxygens (including phenoxy) is 4. The third kappa shape index (κ3) is 13.8. The fourth-order valence-electron chi connectivity index (χ4n) is 8.98. The van der Waals surface area contributed by atoms with E-state index in [4.69, 9.17) is 40.5 Å². The number of aliphatic hydroxyl groups excluding tert-OH is 1. The van der Waals surface area contributed by atoms with Gasteiger partial charge in [-0.05, 0) is 57.9 Å². The van der Waals surface area contributed by atoms with E-state index in [-0.39, 0.29) is 58.5 Å². The van der Waals surface area contributed by atoms with E-state index in [0.29, 0.717) is 68.4 Å². The van der Waals surface area contributed by atoms with Crippen molar-refractivity contribution in [2.24, 2.45) is 9.98 Å². The molecule has 4 aliphatic heterocycles. The van der Waals surface area contributed by atoms with E-state index < -0.39 is 17.4 Å². The number of nitrogens with zero attached hydrogens (tertiary/aromatic N) is 13. The number of methoxy groups -OCH3 is 2. The molecule has 0 bridgehead atoms. The Balaban J connectivity index is 0.000000165. The fourth-order valence-corrected chi connectivity index (χ4v) is 8.98. The van der Waals surface area contributed by atoms with Gasteiger partial charge >= 0.3 is 6.09 Å². The van der Waals surface area contributed by atoms with Crippen molar-refractivity contribution in [2.75, 3.05) is 128 Å². The molecule has 4 aliphatic rings. The van der Waals surface area contributed by atoms with Gasteiger partial charge in [0.2, 0.25) is 23.1 Å². The van der Waals surface area contributed by atoms with Crippen LogP contribution in [0.3, 0.4) is 0 Å². The number of aromatic nitrogens is 8. The fraction of sp³-hybridized carbons (Fsp3) is 0.471. The number of fused-ring (bicyclic) bond motifs is 6. The lowest BCUT2D eigenvalue weighted by Gasteiger charge is -2.35. The van der Waals surface area contributed by atoms with E-state index in [1.54, 1.807) is 22.6 Å². The minimum Gasteiger partial charge on any atom is -0.504 e.